The van der Waals surface area contributed by atoms with E-state index in [-0.39, 0.29) is 17.8 Å². The minimum atomic E-state index is -0.188. The Labute approximate surface area is 99.0 Å². The molecule has 1 fully saturated rings. The molecular weight excluding hydrogens is 228 g/mol. The number of hydrogen-bond donors (Lipinski definition) is 1. The summed E-state index contributed by atoms with van der Waals surface area (Å²) >= 11 is 5.77. The van der Waals surface area contributed by atoms with Crippen LogP contribution in [0, 0.1) is 5.92 Å². The first-order chi connectivity index (χ1) is 7.72. The van der Waals surface area contributed by atoms with Crippen molar-refractivity contribution in [2.75, 3.05) is 20.2 Å². The number of ether oxygens (including phenoxy) is 1. The Morgan fingerprint density at radius 1 is 1.56 bits per heavy atom. The number of rotatable bonds is 2. The third-order valence-corrected chi connectivity index (χ3v) is 3.07. The zero-order valence-electron chi connectivity index (χ0n) is 8.94. The number of aromatic nitrogens is 1. The number of nitrogens with one attached hydrogen (secondary N) is 1. The van der Waals surface area contributed by atoms with Crippen LogP contribution in [0.2, 0.25) is 5.02 Å². The monoisotopic (exact) mass is 240 g/mol. The third-order valence-electron chi connectivity index (χ3n) is 2.85. The molecule has 1 aromatic rings. The average molecular weight is 241 g/mol. The van der Waals surface area contributed by atoms with E-state index in [9.17, 15) is 4.79 Å². The Hall–Kier alpha value is -1.13. The molecule has 1 aliphatic heterocycles. The second-order valence-corrected chi connectivity index (χ2v) is 4.23. The average Bonchev–Trinajstić information content (AvgIpc) is 2.78. The van der Waals surface area contributed by atoms with Crippen molar-refractivity contribution in [2.24, 2.45) is 5.92 Å². The molecule has 2 rings (SSSR count). The Morgan fingerprint density at radius 3 is 3.00 bits per heavy atom. The first-order valence-corrected chi connectivity index (χ1v) is 5.50. The van der Waals surface area contributed by atoms with E-state index in [1.54, 1.807) is 12.3 Å². The Balaban J connectivity index is 2.19. The van der Waals surface area contributed by atoms with Gasteiger partial charge in [-0.3, -0.25) is 9.78 Å². The zero-order chi connectivity index (χ0) is 11.5. The lowest BCUT2D eigenvalue weighted by Crippen LogP contribution is -2.23. The minimum Gasteiger partial charge on any atom is -0.469 e. The van der Waals surface area contributed by atoms with Crippen molar-refractivity contribution < 1.29 is 9.53 Å². The van der Waals surface area contributed by atoms with E-state index in [2.05, 4.69) is 10.3 Å². The maximum Gasteiger partial charge on any atom is 0.310 e. The van der Waals surface area contributed by atoms with Gasteiger partial charge in [0.05, 0.1) is 18.1 Å². The number of esters is 1. The van der Waals surface area contributed by atoms with Crippen LogP contribution in [-0.2, 0) is 9.53 Å². The van der Waals surface area contributed by atoms with E-state index in [0.29, 0.717) is 11.6 Å². The molecule has 16 heavy (non-hydrogen) atoms. The zero-order valence-corrected chi connectivity index (χ0v) is 9.70. The molecule has 2 atom stereocenters. The normalized spacial score (nSPS) is 24.4. The number of nitrogens with zero attached hydrogens (tertiary/aromatic N) is 1. The summed E-state index contributed by atoms with van der Waals surface area (Å²) in [4.78, 5) is 15.8. The van der Waals surface area contributed by atoms with Gasteiger partial charge in [0.1, 0.15) is 0 Å². The topological polar surface area (TPSA) is 51.2 Å². The van der Waals surface area contributed by atoms with Crippen LogP contribution < -0.4 is 5.32 Å². The van der Waals surface area contributed by atoms with Crippen LogP contribution in [-0.4, -0.2) is 31.2 Å². The van der Waals surface area contributed by atoms with Crippen molar-refractivity contribution in [3.05, 3.63) is 29.0 Å². The van der Waals surface area contributed by atoms with Crippen LogP contribution in [0.1, 0.15) is 11.6 Å². The molecule has 1 N–H and O–H groups in total. The summed E-state index contributed by atoms with van der Waals surface area (Å²) in [5.74, 6) is -0.268. The van der Waals surface area contributed by atoms with Gasteiger partial charge in [0.25, 0.3) is 0 Å². The molecule has 0 spiro atoms. The molecule has 0 radical (unpaired) electrons. The molecule has 0 aliphatic carbocycles. The summed E-state index contributed by atoms with van der Waals surface area (Å²) in [6.07, 6.45) is 1.60. The summed E-state index contributed by atoms with van der Waals surface area (Å²) < 4.78 is 4.78. The molecule has 2 heterocycles. The molecule has 0 bridgehead atoms. The van der Waals surface area contributed by atoms with E-state index in [4.69, 9.17) is 16.3 Å². The fourth-order valence-electron chi connectivity index (χ4n) is 2.00. The highest BCUT2D eigenvalue weighted by Crippen LogP contribution is 2.28. The van der Waals surface area contributed by atoms with Gasteiger partial charge < -0.3 is 10.1 Å². The molecule has 1 unspecified atom stereocenters. The molecule has 86 valence electrons. The highest BCUT2D eigenvalue weighted by atomic mass is 35.5. The van der Waals surface area contributed by atoms with Gasteiger partial charge in [-0.2, -0.15) is 0 Å². The fourth-order valence-corrected chi connectivity index (χ4v) is 2.11. The van der Waals surface area contributed by atoms with Crippen LogP contribution in [0.3, 0.4) is 0 Å². The van der Waals surface area contributed by atoms with Crippen molar-refractivity contribution in [3.63, 3.8) is 0 Å². The second-order valence-electron chi connectivity index (χ2n) is 3.80. The maximum atomic E-state index is 11.5. The van der Waals surface area contributed by atoms with E-state index in [1.165, 1.54) is 7.11 Å². The lowest BCUT2D eigenvalue weighted by Gasteiger charge is -2.15. The molecular formula is C11H13ClN2O2. The summed E-state index contributed by atoms with van der Waals surface area (Å²) in [6.45, 7) is 1.38. The molecule has 0 amide bonds. The molecule has 0 aromatic carbocycles. The first-order valence-electron chi connectivity index (χ1n) is 5.12. The molecule has 0 saturated carbocycles. The fraction of sp³-hybridized carbons (Fsp3) is 0.455. The number of carbonyl (C=O) groups excluding carboxylic acids is 1. The minimum absolute atomic E-state index is 0.0738. The number of methoxy groups -OCH3 is 1. The van der Waals surface area contributed by atoms with Crippen molar-refractivity contribution in [3.8, 4) is 0 Å². The van der Waals surface area contributed by atoms with Crippen molar-refractivity contribution in [1.82, 2.24) is 10.3 Å². The molecule has 4 nitrogen and oxygen atoms in total. The van der Waals surface area contributed by atoms with Crippen LogP contribution in [0.4, 0.5) is 0 Å². The summed E-state index contributed by atoms with van der Waals surface area (Å²) in [6, 6.07) is 3.65. The van der Waals surface area contributed by atoms with E-state index < -0.39 is 0 Å². The second kappa shape index (κ2) is 4.80. The van der Waals surface area contributed by atoms with Gasteiger partial charge >= 0.3 is 5.97 Å². The third kappa shape index (κ3) is 2.18. The van der Waals surface area contributed by atoms with E-state index >= 15 is 0 Å². The summed E-state index contributed by atoms with van der Waals surface area (Å²) in [7, 11) is 1.41. The lowest BCUT2D eigenvalue weighted by atomic mass is 9.92. The first kappa shape index (κ1) is 11.4. The highest BCUT2D eigenvalue weighted by Gasteiger charge is 2.35. The molecule has 1 aliphatic rings. The Morgan fingerprint density at radius 2 is 2.38 bits per heavy atom. The van der Waals surface area contributed by atoms with Gasteiger partial charge in [-0.1, -0.05) is 11.6 Å². The van der Waals surface area contributed by atoms with E-state index in [1.807, 2.05) is 6.07 Å². The predicted molar refractivity (Wildman–Crippen MR) is 60.4 cm³/mol. The number of pyridine rings is 1. The van der Waals surface area contributed by atoms with Gasteiger partial charge in [0.2, 0.25) is 0 Å². The van der Waals surface area contributed by atoms with E-state index in [0.717, 1.165) is 12.2 Å². The number of hydrogen-bond acceptors (Lipinski definition) is 4. The van der Waals surface area contributed by atoms with Gasteiger partial charge in [-0.05, 0) is 12.1 Å². The standard InChI is InChI=1S/C11H13ClN2O2/c1-16-11(15)9-6-13-5-8(9)10-3-2-7(12)4-14-10/h2-4,8-9,13H,5-6H2,1H3/t8-,9?/m1/s1. The highest BCUT2D eigenvalue weighted by molar-refractivity contribution is 6.30. The Kier molecular flexibility index (Phi) is 3.41. The number of carbonyl (C=O) groups is 1. The van der Waals surface area contributed by atoms with Gasteiger partial charge in [0.15, 0.2) is 0 Å². The molecule has 5 heteroatoms. The van der Waals surface area contributed by atoms with Gasteiger partial charge in [-0.25, -0.2) is 0 Å². The van der Waals surface area contributed by atoms with Crippen molar-refractivity contribution >= 4 is 17.6 Å². The molecule has 1 saturated heterocycles. The largest absolute Gasteiger partial charge is 0.469 e. The summed E-state index contributed by atoms with van der Waals surface area (Å²) in [5.41, 5.74) is 0.879. The number of halogens is 1. The SMILES string of the molecule is COC(=O)C1CNC[C@H]1c1ccc(Cl)cn1. The van der Waals surface area contributed by atoms with Crippen LogP contribution in [0.15, 0.2) is 18.3 Å². The van der Waals surface area contributed by atoms with Crippen molar-refractivity contribution in [1.29, 1.82) is 0 Å². The van der Waals surface area contributed by atoms with Crippen LogP contribution >= 0.6 is 11.6 Å². The quantitative estimate of drug-likeness (QED) is 0.790. The van der Waals surface area contributed by atoms with Crippen molar-refractivity contribution in [2.45, 2.75) is 5.92 Å². The van der Waals surface area contributed by atoms with Gasteiger partial charge in [-0.15, -0.1) is 0 Å². The van der Waals surface area contributed by atoms with Crippen LogP contribution in [0.5, 0.6) is 0 Å². The Bertz CT molecular complexity index is 380. The smallest absolute Gasteiger partial charge is 0.310 e. The van der Waals surface area contributed by atoms with Crippen LogP contribution in [0.25, 0.3) is 0 Å². The lowest BCUT2D eigenvalue weighted by molar-refractivity contribution is -0.145. The maximum absolute atomic E-state index is 11.5. The summed E-state index contributed by atoms with van der Waals surface area (Å²) in [5, 5.41) is 3.78. The van der Waals surface area contributed by atoms with Gasteiger partial charge in [0, 0.05) is 30.9 Å². The predicted octanol–water partition coefficient (Wildman–Crippen LogP) is 1.21. The molecule has 1 aromatic heterocycles.